The smallest absolute Gasteiger partial charge is 0.294 e. The van der Waals surface area contributed by atoms with Crippen molar-refractivity contribution in [3.63, 3.8) is 0 Å². The van der Waals surface area contributed by atoms with Gasteiger partial charge >= 0.3 is 0 Å². The van der Waals surface area contributed by atoms with Gasteiger partial charge in [0.2, 0.25) is 11.6 Å². The number of benzene rings is 1. The summed E-state index contributed by atoms with van der Waals surface area (Å²) in [5.41, 5.74) is 9.35. The highest BCUT2D eigenvalue weighted by Crippen LogP contribution is 2.26. The molecule has 4 aromatic rings. The maximum Gasteiger partial charge on any atom is 0.294 e. The second-order valence-corrected chi connectivity index (χ2v) is 7.26. The fourth-order valence-electron chi connectivity index (χ4n) is 2.38. The van der Waals surface area contributed by atoms with Crippen LogP contribution in [-0.4, -0.2) is 37.4 Å². The van der Waals surface area contributed by atoms with Gasteiger partial charge in [-0.3, -0.25) is 4.79 Å². The number of amides is 1. The lowest BCUT2D eigenvalue weighted by molar-refractivity contribution is 0.0950. The second-order valence-electron chi connectivity index (χ2n) is 5.40. The van der Waals surface area contributed by atoms with Gasteiger partial charge in [-0.15, -0.1) is 16.4 Å². The summed E-state index contributed by atoms with van der Waals surface area (Å²) in [4.78, 5) is 13.5. The Hall–Kier alpha value is -3.38. The Labute approximate surface area is 170 Å². The first-order chi connectivity index (χ1) is 13.6. The largest absolute Gasteiger partial charge is 0.378 e. The number of thiophene rings is 1. The van der Waals surface area contributed by atoms with Gasteiger partial charge in [-0.25, -0.2) is 10.1 Å². The highest BCUT2D eigenvalue weighted by Gasteiger charge is 2.24. The highest BCUT2D eigenvalue weighted by atomic mass is 79.9. The molecule has 12 heteroatoms. The summed E-state index contributed by atoms with van der Waals surface area (Å²) in [6.07, 6.45) is 1.54. The lowest BCUT2D eigenvalue weighted by Crippen LogP contribution is -2.19. The van der Waals surface area contributed by atoms with Crippen LogP contribution in [0, 0.1) is 0 Å². The number of nitrogen functional groups attached to an aromatic ring is 1. The fraction of sp³-hybridized carbons (Fsp3) is 0. The van der Waals surface area contributed by atoms with Crippen molar-refractivity contribution in [1.82, 2.24) is 30.7 Å². The first kappa shape index (κ1) is 18.0. The Balaban J connectivity index is 1.69. The number of hydrogen-bond acceptors (Lipinski definition) is 9. The predicted octanol–water partition coefficient (Wildman–Crippen LogP) is 2.49. The summed E-state index contributed by atoms with van der Waals surface area (Å²) in [6.45, 7) is 0. The first-order valence-corrected chi connectivity index (χ1v) is 9.47. The molecule has 0 bridgehead atoms. The first-order valence-electron chi connectivity index (χ1n) is 7.80. The zero-order chi connectivity index (χ0) is 19.5. The Bertz CT molecular complexity index is 1150. The summed E-state index contributed by atoms with van der Waals surface area (Å²) in [5, 5.41) is 21.1. The van der Waals surface area contributed by atoms with Crippen molar-refractivity contribution >= 4 is 45.2 Å². The number of rotatable bonds is 5. The Morgan fingerprint density at radius 2 is 2.14 bits per heavy atom. The van der Waals surface area contributed by atoms with E-state index in [2.05, 4.69) is 51.7 Å². The molecular formula is C16H11BrN8O2S. The van der Waals surface area contributed by atoms with Gasteiger partial charge in [-0.05, 0) is 32.3 Å². The van der Waals surface area contributed by atoms with Gasteiger partial charge in [-0.2, -0.15) is 9.78 Å². The van der Waals surface area contributed by atoms with Crippen molar-refractivity contribution in [3.8, 4) is 17.1 Å². The highest BCUT2D eigenvalue weighted by molar-refractivity contribution is 9.10. The minimum Gasteiger partial charge on any atom is -0.378 e. The minimum atomic E-state index is -0.535. The molecule has 0 aliphatic carbocycles. The molecule has 0 atom stereocenters. The number of aromatic nitrogens is 5. The van der Waals surface area contributed by atoms with Crippen LogP contribution in [-0.2, 0) is 0 Å². The molecular weight excluding hydrogens is 448 g/mol. The summed E-state index contributed by atoms with van der Waals surface area (Å²) in [6, 6.07) is 11.0. The van der Waals surface area contributed by atoms with Crippen LogP contribution in [0.2, 0.25) is 0 Å². The maximum absolute atomic E-state index is 12.7. The molecule has 28 heavy (non-hydrogen) atoms. The molecule has 3 heterocycles. The summed E-state index contributed by atoms with van der Waals surface area (Å²) in [7, 11) is 0. The molecule has 0 saturated heterocycles. The zero-order valence-electron chi connectivity index (χ0n) is 14.0. The molecule has 4 rings (SSSR count). The van der Waals surface area contributed by atoms with Crippen LogP contribution in [0.4, 0.5) is 5.82 Å². The third kappa shape index (κ3) is 3.54. The van der Waals surface area contributed by atoms with Crippen molar-refractivity contribution in [3.05, 3.63) is 56.8 Å². The molecule has 3 aromatic heterocycles. The molecule has 0 aliphatic rings. The van der Waals surface area contributed by atoms with Crippen molar-refractivity contribution in [2.24, 2.45) is 5.10 Å². The fourth-order valence-corrected chi connectivity index (χ4v) is 3.68. The van der Waals surface area contributed by atoms with Crippen molar-refractivity contribution in [2.45, 2.75) is 0 Å². The Morgan fingerprint density at radius 3 is 2.82 bits per heavy atom. The average molecular weight is 459 g/mol. The van der Waals surface area contributed by atoms with E-state index in [0.29, 0.717) is 11.3 Å². The third-order valence-corrected chi connectivity index (χ3v) is 5.20. The van der Waals surface area contributed by atoms with E-state index in [4.69, 9.17) is 5.73 Å². The zero-order valence-corrected chi connectivity index (χ0v) is 16.4. The quantitative estimate of drug-likeness (QED) is 0.346. The number of nitrogens with two attached hydrogens (primary N) is 1. The van der Waals surface area contributed by atoms with Gasteiger partial charge in [0.15, 0.2) is 5.69 Å². The maximum atomic E-state index is 12.7. The number of halogens is 1. The average Bonchev–Trinajstić information content (AvgIpc) is 3.42. The standard InChI is InChI=1S/C16H11BrN8O2S/c17-10-6-11(28-8-10)7-19-21-16(26)12-13(9-4-2-1-3-5-9)25(24-20-12)15-14(18)22-27-23-15/h1-8H,(H2,18,22)(H,21,26)/b19-7+. The summed E-state index contributed by atoms with van der Waals surface area (Å²) < 4.78 is 6.88. The van der Waals surface area contributed by atoms with E-state index in [0.717, 1.165) is 9.35 Å². The van der Waals surface area contributed by atoms with Crippen LogP contribution in [0.1, 0.15) is 15.4 Å². The van der Waals surface area contributed by atoms with Crippen molar-refractivity contribution in [1.29, 1.82) is 0 Å². The molecule has 0 saturated carbocycles. The number of hydrogen-bond donors (Lipinski definition) is 2. The summed E-state index contributed by atoms with van der Waals surface area (Å²) in [5.74, 6) is -0.375. The number of nitrogens with zero attached hydrogens (tertiary/aromatic N) is 6. The number of anilines is 1. The summed E-state index contributed by atoms with van der Waals surface area (Å²) >= 11 is 4.85. The van der Waals surface area contributed by atoms with Crippen LogP contribution in [0.25, 0.3) is 17.1 Å². The lowest BCUT2D eigenvalue weighted by Gasteiger charge is -2.05. The molecule has 10 nitrogen and oxygen atoms in total. The molecule has 0 fully saturated rings. The molecule has 140 valence electrons. The topological polar surface area (TPSA) is 137 Å². The van der Waals surface area contributed by atoms with Crippen LogP contribution >= 0.6 is 27.3 Å². The van der Waals surface area contributed by atoms with Gasteiger partial charge < -0.3 is 5.73 Å². The number of carbonyl (C=O) groups excluding carboxylic acids is 1. The molecule has 1 aromatic carbocycles. The molecule has 0 aliphatic heterocycles. The van der Waals surface area contributed by atoms with E-state index in [1.54, 1.807) is 6.21 Å². The van der Waals surface area contributed by atoms with Crippen LogP contribution in [0.5, 0.6) is 0 Å². The van der Waals surface area contributed by atoms with Crippen LogP contribution in [0.15, 0.2) is 56.0 Å². The van der Waals surface area contributed by atoms with E-state index >= 15 is 0 Å². The molecule has 0 spiro atoms. The second kappa shape index (κ2) is 7.70. The SMILES string of the molecule is Nc1nonc1-n1nnc(C(=O)N/N=C/c2cc(Br)cs2)c1-c1ccccc1. The lowest BCUT2D eigenvalue weighted by atomic mass is 10.1. The number of nitrogens with one attached hydrogen (secondary N) is 1. The van der Waals surface area contributed by atoms with Gasteiger partial charge in [0.05, 0.1) is 6.21 Å². The number of hydrazone groups is 1. The molecule has 0 unspecified atom stereocenters. The normalized spacial score (nSPS) is 11.2. The number of carbonyl (C=O) groups is 1. The monoisotopic (exact) mass is 458 g/mol. The minimum absolute atomic E-state index is 0.0235. The predicted molar refractivity (Wildman–Crippen MR) is 106 cm³/mol. The van der Waals surface area contributed by atoms with E-state index in [1.807, 2.05) is 41.8 Å². The van der Waals surface area contributed by atoms with E-state index in [1.165, 1.54) is 16.0 Å². The van der Waals surface area contributed by atoms with Gasteiger partial charge in [-0.1, -0.05) is 35.5 Å². The Kier molecular flexibility index (Phi) is 4.95. The molecule has 0 radical (unpaired) electrons. The van der Waals surface area contributed by atoms with E-state index < -0.39 is 5.91 Å². The molecule has 1 amide bonds. The van der Waals surface area contributed by atoms with Crippen molar-refractivity contribution in [2.75, 3.05) is 5.73 Å². The van der Waals surface area contributed by atoms with E-state index in [9.17, 15) is 4.79 Å². The van der Waals surface area contributed by atoms with Gasteiger partial charge in [0.25, 0.3) is 5.91 Å². The molecule has 3 N–H and O–H groups in total. The van der Waals surface area contributed by atoms with Gasteiger partial charge in [0, 0.05) is 20.3 Å². The Morgan fingerprint density at radius 1 is 1.32 bits per heavy atom. The van der Waals surface area contributed by atoms with E-state index in [-0.39, 0.29) is 17.3 Å². The van der Waals surface area contributed by atoms with Crippen molar-refractivity contribution < 1.29 is 9.42 Å². The third-order valence-electron chi connectivity index (χ3n) is 3.57. The van der Waals surface area contributed by atoms with Crippen LogP contribution < -0.4 is 11.2 Å². The van der Waals surface area contributed by atoms with Gasteiger partial charge in [0.1, 0.15) is 5.69 Å². The van der Waals surface area contributed by atoms with Crippen LogP contribution in [0.3, 0.4) is 0 Å².